The second kappa shape index (κ2) is 6.26. The summed E-state index contributed by atoms with van der Waals surface area (Å²) in [5.74, 6) is 0. The van der Waals surface area contributed by atoms with E-state index in [0.717, 1.165) is 11.1 Å². The third-order valence-corrected chi connectivity index (χ3v) is 5.39. The van der Waals surface area contributed by atoms with Crippen molar-refractivity contribution in [2.24, 2.45) is 0 Å². The topological polar surface area (TPSA) is 46.2 Å². The Balaban J connectivity index is 2.17. The average Bonchev–Trinajstić information content (AvgIpc) is 2.37. The van der Waals surface area contributed by atoms with Gasteiger partial charge in [0.05, 0.1) is 4.90 Å². The number of nitrogens with one attached hydrogen (secondary N) is 1. The lowest BCUT2D eigenvalue weighted by Crippen LogP contribution is -2.23. The van der Waals surface area contributed by atoms with Crippen molar-refractivity contribution in [2.45, 2.75) is 18.4 Å². The van der Waals surface area contributed by atoms with Crippen LogP contribution in [0.4, 0.5) is 0 Å². The van der Waals surface area contributed by atoms with Crippen LogP contribution in [0.25, 0.3) is 0 Å². The third-order valence-electron chi connectivity index (χ3n) is 2.76. The fraction of sp³-hybridized carbons (Fsp3) is 0.143. The van der Waals surface area contributed by atoms with Gasteiger partial charge in [-0.25, -0.2) is 13.1 Å². The highest BCUT2D eigenvalue weighted by Crippen LogP contribution is 2.23. The van der Waals surface area contributed by atoms with Gasteiger partial charge in [-0.1, -0.05) is 29.8 Å². The molecule has 0 saturated carbocycles. The molecule has 20 heavy (non-hydrogen) atoms. The Morgan fingerprint density at radius 3 is 2.40 bits per heavy atom. The largest absolute Gasteiger partial charge is 0.241 e. The molecule has 0 spiro atoms. The van der Waals surface area contributed by atoms with Crippen LogP contribution in [-0.4, -0.2) is 8.42 Å². The lowest BCUT2D eigenvalue weighted by molar-refractivity contribution is 0.581. The minimum absolute atomic E-state index is 0.222. The maximum atomic E-state index is 12.2. The first-order chi connectivity index (χ1) is 9.38. The van der Waals surface area contributed by atoms with Gasteiger partial charge >= 0.3 is 0 Å². The molecule has 0 aliphatic rings. The molecule has 106 valence electrons. The summed E-state index contributed by atoms with van der Waals surface area (Å²) in [6, 6.07) is 12.2. The van der Waals surface area contributed by atoms with E-state index in [2.05, 4.69) is 20.7 Å². The van der Waals surface area contributed by atoms with E-state index >= 15 is 0 Å². The molecule has 0 aliphatic carbocycles. The highest BCUT2D eigenvalue weighted by molar-refractivity contribution is 9.10. The second-order valence-corrected chi connectivity index (χ2v) is 7.41. The first-order valence-electron chi connectivity index (χ1n) is 5.89. The smallest absolute Gasteiger partial charge is 0.207 e. The van der Waals surface area contributed by atoms with Gasteiger partial charge in [-0.3, -0.25) is 0 Å². The Bertz CT molecular complexity index is 714. The Morgan fingerprint density at radius 1 is 1.15 bits per heavy atom. The molecule has 0 aromatic heterocycles. The van der Waals surface area contributed by atoms with E-state index in [1.165, 1.54) is 0 Å². The van der Waals surface area contributed by atoms with Gasteiger partial charge in [-0.2, -0.15) is 0 Å². The standard InChI is InChI=1S/C14H13BrClNO2S/c1-10-2-7-14(13(15)8-10)20(18,19)17-9-11-3-5-12(16)6-4-11/h2-8,17H,9H2,1H3. The minimum Gasteiger partial charge on any atom is -0.207 e. The average molecular weight is 375 g/mol. The van der Waals surface area contributed by atoms with Crippen molar-refractivity contribution >= 4 is 37.6 Å². The van der Waals surface area contributed by atoms with E-state index in [0.29, 0.717) is 9.50 Å². The molecule has 2 rings (SSSR count). The number of sulfonamides is 1. The van der Waals surface area contributed by atoms with Crippen molar-refractivity contribution in [1.29, 1.82) is 0 Å². The maximum absolute atomic E-state index is 12.2. The van der Waals surface area contributed by atoms with Gasteiger partial charge in [0.1, 0.15) is 0 Å². The monoisotopic (exact) mass is 373 g/mol. The summed E-state index contributed by atoms with van der Waals surface area (Å²) in [6.45, 7) is 2.13. The molecule has 0 fully saturated rings. The molecule has 1 N–H and O–H groups in total. The molecule has 0 radical (unpaired) electrons. The Morgan fingerprint density at radius 2 is 1.80 bits per heavy atom. The van der Waals surface area contributed by atoms with E-state index in [1.807, 2.05) is 6.92 Å². The highest BCUT2D eigenvalue weighted by atomic mass is 79.9. The first kappa shape index (κ1) is 15.5. The van der Waals surface area contributed by atoms with Crippen LogP contribution in [0, 0.1) is 6.92 Å². The number of halogens is 2. The van der Waals surface area contributed by atoms with E-state index in [-0.39, 0.29) is 11.4 Å². The second-order valence-electron chi connectivity index (χ2n) is 4.38. The third kappa shape index (κ3) is 3.82. The Labute approximate surface area is 132 Å². The molecule has 6 heteroatoms. The molecular weight excluding hydrogens is 362 g/mol. The number of hydrogen-bond donors (Lipinski definition) is 1. The van der Waals surface area contributed by atoms with Gasteiger partial charge in [-0.15, -0.1) is 0 Å². The van der Waals surface area contributed by atoms with Gasteiger partial charge in [-0.05, 0) is 58.2 Å². The van der Waals surface area contributed by atoms with Crippen molar-refractivity contribution in [3.8, 4) is 0 Å². The van der Waals surface area contributed by atoms with E-state index in [1.54, 1.807) is 42.5 Å². The van der Waals surface area contributed by atoms with E-state index < -0.39 is 10.0 Å². The molecule has 0 amide bonds. The van der Waals surface area contributed by atoms with Crippen molar-refractivity contribution in [2.75, 3.05) is 0 Å². The van der Waals surface area contributed by atoms with Crippen molar-refractivity contribution in [1.82, 2.24) is 4.72 Å². The van der Waals surface area contributed by atoms with Gasteiger partial charge in [0.25, 0.3) is 0 Å². The zero-order valence-electron chi connectivity index (χ0n) is 10.7. The number of aryl methyl sites for hydroxylation is 1. The molecule has 0 heterocycles. The summed E-state index contributed by atoms with van der Waals surface area (Å²) < 4.78 is 27.6. The van der Waals surface area contributed by atoms with Gasteiger partial charge in [0.2, 0.25) is 10.0 Å². The summed E-state index contributed by atoms with van der Waals surface area (Å²) in [6.07, 6.45) is 0. The number of rotatable bonds is 4. The maximum Gasteiger partial charge on any atom is 0.241 e. The zero-order chi connectivity index (χ0) is 14.8. The predicted octanol–water partition coefficient (Wildman–Crippen LogP) is 3.89. The molecule has 0 bridgehead atoms. The van der Waals surface area contributed by atoms with Gasteiger partial charge in [0.15, 0.2) is 0 Å². The molecule has 0 aliphatic heterocycles. The quantitative estimate of drug-likeness (QED) is 0.882. The molecule has 2 aromatic rings. The summed E-state index contributed by atoms with van der Waals surface area (Å²) in [4.78, 5) is 0.233. The highest BCUT2D eigenvalue weighted by Gasteiger charge is 2.17. The Hall–Kier alpha value is -0.880. The fourth-order valence-corrected chi connectivity index (χ4v) is 4.02. The van der Waals surface area contributed by atoms with Gasteiger partial charge in [0, 0.05) is 16.0 Å². The fourth-order valence-electron chi connectivity index (χ4n) is 1.68. The lowest BCUT2D eigenvalue weighted by atomic mass is 10.2. The van der Waals surface area contributed by atoms with Crippen molar-refractivity contribution in [3.63, 3.8) is 0 Å². The molecule has 2 aromatic carbocycles. The van der Waals surface area contributed by atoms with Crippen LogP contribution in [0.5, 0.6) is 0 Å². The normalized spacial score (nSPS) is 11.6. The van der Waals surface area contributed by atoms with Crippen LogP contribution >= 0.6 is 27.5 Å². The summed E-state index contributed by atoms with van der Waals surface area (Å²) in [7, 11) is -3.55. The minimum atomic E-state index is -3.55. The van der Waals surface area contributed by atoms with Crippen molar-refractivity contribution < 1.29 is 8.42 Å². The molecule has 3 nitrogen and oxygen atoms in total. The first-order valence-corrected chi connectivity index (χ1v) is 8.54. The Kier molecular flexibility index (Phi) is 4.86. The van der Waals surface area contributed by atoms with Crippen LogP contribution in [0.1, 0.15) is 11.1 Å². The van der Waals surface area contributed by atoms with Crippen LogP contribution in [0.3, 0.4) is 0 Å². The van der Waals surface area contributed by atoms with Crippen LogP contribution in [-0.2, 0) is 16.6 Å². The molecule has 0 atom stereocenters. The lowest BCUT2D eigenvalue weighted by Gasteiger charge is -2.09. The van der Waals surface area contributed by atoms with Crippen molar-refractivity contribution in [3.05, 3.63) is 63.1 Å². The number of benzene rings is 2. The summed E-state index contributed by atoms with van der Waals surface area (Å²) in [5, 5.41) is 0.623. The summed E-state index contributed by atoms with van der Waals surface area (Å²) in [5.41, 5.74) is 1.84. The molecular formula is C14H13BrClNO2S. The SMILES string of the molecule is Cc1ccc(S(=O)(=O)NCc2ccc(Cl)cc2)c(Br)c1. The number of hydrogen-bond acceptors (Lipinski definition) is 2. The predicted molar refractivity (Wildman–Crippen MR) is 84.4 cm³/mol. The zero-order valence-corrected chi connectivity index (χ0v) is 13.9. The van der Waals surface area contributed by atoms with Crippen LogP contribution in [0.2, 0.25) is 5.02 Å². The molecule has 0 saturated heterocycles. The van der Waals surface area contributed by atoms with Gasteiger partial charge < -0.3 is 0 Å². The van der Waals surface area contributed by atoms with E-state index in [9.17, 15) is 8.42 Å². The van der Waals surface area contributed by atoms with Crippen LogP contribution < -0.4 is 4.72 Å². The van der Waals surface area contributed by atoms with Crippen LogP contribution in [0.15, 0.2) is 51.8 Å². The van der Waals surface area contributed by atoms with E-state index in [4.69, 9.17) is 11.6 Å². The summed E-state index contributed by atoms with van der Waals surface area (Å²) >= 11 is 9.07. The molecule has 0 unspecified atom stereocenters.